The van der Waals surface area contributed by atoms with Gasteiger partial charge in [0.15, 0.2) is 5.78 Å². The van der Waals surface area contributed by atoms with Crippen molar-refractivity contribution in [3.63, 3.8) is 0 Å². The van der Waals surface area contributed by atoms with E-state index in [1.807, 2.05) is 36.4 Å². The lowest BCUT2D eigenvalue weighted by molar-refractivity contribution is -0.137. The molecule has 2 aromatic carbocycles. The summed E-state index contributed by atoms with van der Waals surface area (Å²) < 4.78 is 5.73. The molecule has 0 spiro atoms. The van der Waals surface area contributed by atoms with Gasteiger partial charge in [0.2, 0.25) is 0 Å². The quantitative estimate of drug-likeness (QED) is 0.612. The Hall–Kier alpha value is -3.06. The summed E-state index contributed by atoms with van der Waals surface area (Å²) in [5, 5.41) is 8.98. The SMILES string of the molecule is CC#CC(CC(=O)O)c1ccc(OCc2ccc(C(C)=O)cc2)cc1. The Morgan fingerprint density at radius 3 is 2.24 bits per heavy atom. The number of carboxylic acid groups (broad SMARTS) is 1. The molecule has 0 aliphatic carbocycles. The first kappa shape index (κ1) is 18.3. The summed E-state index contributed by atoms with van der Waals surface area (Å²) in [5.74, 6) is 5.23. The molecular formula is C21H20O4. The first-order valence-electron chi connectivity index (χ1n) is 7.96. The normalized spacial score (nSPS) is 11.1. The lowest BCUT2D eigenvalue weighted by Gasteiger charge is -2.11. The second kappa shape index (κ2) is 8.70. The third kappa shape index (κ3) is 5.50. The van der Waals surface area contributed by atoms with Crippen LogP contribution >= 0.6 is 0 Å². The Kier molecular flexibility index (Phi) is 6.36. The van der Waals surface area contributed by atoms with Gasteiger partial charge in [0.1, 0.15) is 12.4 Å². The van der Waals surface area contributed by atoms with Crippen LogP contribution in [0.15, 0.2) is 48.5 Å². The van der Waals surface area contributed by atoms with Crippen molar-refractivity contribution in [3.05, 3.63) is 65.2 Å². The number of aliphatic carboxylic acids is 1. The van der Waals surface area contributed by atoms with Crippen molar-refractivity contribution in [1.29, 1.82) is 0 Å². The number of rotatable bonds is 7. The van der Waals surface area contributed by atoms with Crippen LogP contribution in [0.25, 0.3) is 0 Å². The lowest BCUT2D eigenvalue weighted by atomic mass is 9.96. The van der Waals surface area contributed by atoms with Crippen LogP contribution in [0.5, 0.6) is 5.75 Å². The van der Waals surface area contributed by atoms with Gasteiger partial charge in [0.05, 0.1) is 12.3 Å². The molecule has 0 fully saturated rings. The van der Waals surface area contributed by atoms with Crippen LogP contribution in [-0.2, 0) is 11.4 Å². The van der Waals surface area contributed by atoms with Gasteiger partial charge in [-0.2, -0.15) is 0 Å². The summed E-state index contributed by atoms with van der Waals surface area (Å²) in [6, 6.07) is 14.6. The molecule has 2 rings (SSSR count). The summed E-state index contributed by atoms with van der Waals surface area (Å²) in [6.45, 7) is 3.63. The summed E-state index contributed by atoms with van der Waals surface area (Å²) in [4.78, 5) is 22.2. The van der Waals surface area contributed by atoms with Gasteiger partial charge in [0, 0.05) is 5.56 Å². The molecule has 128 valence electrons. The van der Waals surface area contributed by atoms with Crippen LogP contribution < -0.4 is 4.74 Å². The van der Waals surface area contributed by atoms with Gasteiger partial charge in [-0.25, -0.2) is 0 Å². The van der Waals surface area contributed by atoms with E-state index in [9.17, 15) is 9.59 Å². The van der Waals surface area contributed by atoms with E-state index < -0.39 is 5.97 Å². The first-order chi connectivity index (χ1) is 12.0. The minimum atomic E-state index is -0.873. The second-order valence-electron chi connectivity index (χ2n) is 5.66. The number of Topliss-reactive ketones (excluding diaryl/α,β-unsaturated/α-hetero) is 1. The first-order valence-corrected chi connectivity index (χ1v) is 7.96. The highest BCUT2D eigenvalue weighted by atomic mass is 16.5. The standard InChI is InChI=1S/C21H20O4/c1-3-4-19(13-21(23)24)18-9-11-20(12-10-18)25-14-16-5-7-17(8-6-16)15(2)22/h5-12,19H,13-14H2,1-2H3,(H,23,24). The van der Waals surface area contributed by atoms with Gasteiger partial charge in [-0.05, 0) is 37.1 Å². The van der Waals surface area contributed by atoms with E-state index in [2.05, 4.69) is 11.8 Å². The van der Waals surface area contributed by atoms with Crippen molar-refractivity contribution in [2.45, 2.75) is 32.8 Å². The molecule has 0 aliphatic rings. The number of benzene rings is 2. The van der Waals surface area contributed by atoms with Crippen LogP contribution in [0.4, 0.5) is 0 Å². The van der Waals surface area contributed by atoms with E-state index in [0.717, 1.165) is 11.1 Å². The molecular weight excluding hydrogens is 316 g/mol. The molecule has 2 aromatic rings. The van der Waals surface area contributed by atoms with Gasteiger partial charge in [-0.15, -0.1) is 5.92 Å². The van der Waals surface area contributed by atoms with E-state index in [1.165, 1.54) is 6.92 Å². The Bertz CT molecular complexity index is 793. The van der Waals surface area contributed by atoms with E-state index >= 15 is 0 Å². The molecule has 4 heteroatoms. The van der Waals surface area contributed by atoms with E-state index in [4.69, 9.17) is 9.84 Å². The fourth-order valence-corrected chi connectivity index (χ4v) is 2.40. The molecule has 0 amide bonds. The van der Waals surface area contributed by atoms with Crippen LogP contribution in [0.3, 0.4) is 0 Å². The number of carbonyl (C=O) groups excluding carboxylic acids is 1. The average Bonchev–Trinajstić information content (AvgIpc) is 2.60. The van der Waals surface area contributed by atoms with Crippen LogP contribution in [0.2, 0.25) is 0 Å². The molecule has 0 saturated carbocycles. The predicted octanol–water partition coefficient (Wildman–Crippen LogP) is 4.05. The number of carboxylic acids is 1. The van der Waals surface area contributed by atoms with Crippen LogP contribution in [0, 0.1) is 11.8 Å². The third-order valence-electron chi connectivity index (χ3n) is 3.75. The minimum absolute atomic E-state index is 0.0243. The molecule has 0 saturated heterocycles. The molecule has 0 radical (unpaired) electrons. The maximum absolute atomic E-state index is 11.3. The smallest absolute Gasteiger partial charge is 0.304 e. The van der Waals surface area contributed by atoms with Gasteiger partial charge in [-0.3, -0.25) is 9.59 Å². The predicted molar refractivity (Wildman–Crippen MR) is 95.7 cm³/mol. The maximum Gasteiger partial charge on any atom is 0.304 e. The number of hydrogen-bond donors (Lipinski definition) is 1. The van der Waals surface area contributed by atoms with E-state index in [0.29, 0.717) is 17.9 Å². The molecule has 0 aliphatic heterocycles. The largest absolute Gasteiger partial charge is 0.489 e. The van der Waals surface area contributed by atoms with Crippen LogP contribution in [0.1, 0.15) is 47.7 Å². The van der Waals surface area contributed by atoms with E-state index in [-0.39, 0.29) is 18.1 Å². The molecule has 0 bridgehead atoms. The molecule has 1 atom stereocenters. The van der Waals surface area contributed by atoms with Crippen molar-refractivity contribution in [2.75, 3.05) is 0 Å². The average molecular weight is 336 g/mol. The van der Waals surface area contributed by atoms with Crippen LogP contribution in [-0.4, -0.2) is 16.9 Å². The van der Waals surface area contributed by atoms with Crippen molar-refractivity contribution in [1.82, 2.24) is 0 Å². The van der Waals surface area contributed by atoms with Gasteiger partial charge in [-0.1, -0.05) is 42.3 Å². The Morgan fingerprint density at radius 1 is 1.08 bits per heavy atom. The Balaban J connectivity index is 2.00. The number of hydrogen-bond acceptors (Lipinski definition) is 3. The summed E-state index contributed by atoms with van der Waals surface area (Å²) >= 11 is 0. The second-order valence-corrected chi connectivity index (χ2v) is 5.66. The summed E-state index contributed by atoms with van der Waals surface area (Å²) in [7, 11) is 0. The minimum Gasteiger partial charge on any atom is -0.489 e. The molecule has 25 heavy (non-hydrogen) atoms. The summed E-state index contributed by atoms with van der Waals surface area (Å²) in [5.41, 5.74) is 2.50. The van der Waals surface area contributed by atoms with Crippen molar-refractivity contribution >= 4 is 11.8 Å². The maximum atomic E-state index is 11.3. The topological polar surface area (TPSA) is 63.6 Å². The Morgan fingerprint density at radius 2 is 1.72 bits per heavy atom. The zero-order valence-electron chi connectivity index (χ0n) is 14.3. The molecule has 1 unspecified atom stereocenters. The van der Waals surface area contributed by atoms with Gasteiger partial charge in [0.25, 0.3) is 0 Å². The fraction of sp³-hybridized carbons (Fsp3) is 0.238. The van der Waals surface area contributed by atoms with Crippen molar-refractivity contribution < 1.29 is 19.4 Å². The monoisotopic (exact) mass is 336 g/mol. The third-order valence-corrected chi connectivity index (χ3v) is 3.75. The van der Waals surface area contributed by atoms with Crippen molar-refractivity contribution in [2.24, 2.45) is 0 Å². The van der Waals surface area contributed by atoms with Gasteiger partial charge < -0.3 is 9.84 Å². The highest BCUT2D eigenvalue weighted by molar-refractivity contribution is 5.93. The fourth-order valence-electron chi connectivity index (χ4n) is 2.40. The number of carbonyl (C=O) groups is 2. The molecule has 0 aromatic heterocycles. The molecule has 0 heterocycles. The zero-order chi connectivity index (χ0) is 18.2. The highest BCUT2D eigenvalue weighted by Crippen LogP contribution is 2.22. The Labute approximate surface area is 147 Å². The zero-order valence-corrected chi connectivity index (χ0v) is 14.3. The highest BCUT2D eigenvalue weighted by Gasteiger charge is 2.13. The number of ether oxygens (including phenoxy) is 1. The van der Waals surface area contributed by atoms with E-state index in [1.54, 1.807) is 19.1 Å². The number of ketones is 1. The lowest BCUT2D eigenvalue weighted by Crippen LogP contribution is -2.04. The molecule has 4 nitrogen and oxygen atoms in total. The summed E-state index contributed by atoms with van der Waals surface area (Å²) in [6.07, 6.45) is -0.0243. The van der Waals surface area contributed by atoms with Gasteiger partial charge >= 0.3 is 5.97 Å². The van der Waals surface area contributed by atoms with Crippen molar-refractivity contribution in [3.8, 4) is 17.6 Å². The molecule has 1 N–H and O–H groups in total.